The summed E-state index contributed by atoms with van der Waals surface area (Å²) in [6.45, 7) is 2.71. The van der Waals surface area contributed by atoms with Crippen molar-refractivity contribution in [2.24, 2.45) is 0 Å². The van der Waals surface area contributed by atoms with Crippen molar-refractivity contribution in [1.29, 1.82) is 0 Å². The normalized spacial score (nSPS) is 15.0. The highest BCUT2D eigenvalue weighted by Crippen LogP contribution is 2.19. The number of piperazine rings is 1. The Kier molecular flexibility index (Phi) is 3.96. The lowest BCUT2D eigenvalue weighted by atomic mass is 10.1. The van der Waals surface area contributed by atoms with E-state index in [-0.39, 0.29) is 11.7 Å². The first kappa shape index (κ1) is 14.4. The number of hydrogen-bond donors (Lipinski definition) is 1. The molecule has 2 N–H and O–H groups in total. The lowest BCUT2D eigenvalue weighted by molar-refractivity contribution is 0.0748. The van der Waals surface area contributed by atoms with E-state index in [4.69, 9.17) is 5.73 Å². The van der Waals surface area contributed by atoms with Crippen molar-refractivity contribution in [3.8, 4) is 0 Å². The van der Waals surface area contributed by atoms with Gasteiger partial charge in [0.25, 0.3) is 5.91 Å². The summed E-state index contributed by atoms with van der Waals surface area (Å²) in [7, 11) is 0. The second-order valence-corrected chi connectivity index (χ2v) is 5.34. The molecule has 114 valence electrons. The van der Waals surface area contributed by atoms with Crippen LogP contribution in [-0.2, 0) is 0 Å². The van der Waals surface area contributed by atoms with E-state index >= 15 is 0 Å². The van der Waals surface area contributed by atoms with Crippen LogP contribution < -0.4 is 10.6 Å². The van der Waals surface area contributed by atoms with Gasteiger partial charge in [-0.25, -0.2) is 4.39 Å². The smallest absolute Gasteiger partial charge is 0.256 e. The summed E-state index contributed by atoms with van der Waals surface area (Å²) >= 11 is 0. The van der Waals surface area contributed by atoms with Gasteiger partial charge < -0.3 is 15.5 Å². The van der Waals surface area contributed by atoms with Gasteiger partial charge in [0.15, 0.2) is 0 Å². The standard InChI is InChI=1S/C17H18FN3O/c18-13-5-7-14(8-6-13)20-9-11-21(12-10-20)17(22)15-3-1-2-4-16(15)19/h1-8H,9-12,19H2. The lowest BCUT2D eigenvalue weighted by Crippen LogP contribution is -2.48. The minimum Gasteiger partial charge on any atom is -0.398 e. The largest absolute Gasteiger partial charge is 0.398 e. The van der Waals surface area contributed by atoms with Gasteiger partial charge in [0.05, 0.1) is 5.56 Å². The predicted molar refractivity (Wildman–Crippen MR) is 85.4 cm³/mol. The molecule has 0 aromatic heterocycles. The molecular formula is C17H18FN3O. The molecule has 0 unspecified atom stereocenters. The van der Waals surface area contributed by atoms with E-state index < -0.39 is 0 Å². The maximum atomic E-state index is 13.0. The molecule has 3 rings (SSSR count). The molecule has 5 heteroatoms. The summed E-state index contributed by atoms with van der Waals surface area (Å²) in [6.07, 6.45) is 0. The first-order chi connectivity index (χ1) is 10.6. The number of anilines is 2. The number of amides is 1. The van der Waals surface area contributed by atoms with E-state index in [9.17, 15) is 9.18 Å². The molecule has 22 heavy (non-hydrogen) atoms. The predicted octanol–water partition coefficient (Wildman–Crippen LogP) is 2.37. The third kappa shape index (κ3) is 2.88. The molecule has 0 radical (unpaired) electrons. The highest BCUT2D eigenvalue weighted by atomic mass is 19.1. The number of carbonyl (C=O) groups is 1. The van der Waals surface area contributed by atoms with Crippen molar-refractivity contribution >= 4 is 17.3 Å². The van der Waals surface area contributed by atoms with Gasteiger partial charge >= 0.3 is 0 Å². The van der Waals surface area contributed by atoms with Crippen LogP contribution in [0.4, 0.5) is 15.8 Å². The second-order valence-electron chi connectivity index (χ2n) is 5.34. The molecule has 2 aromatic rings. The van der Waals surface area contributed by atoms with Crippen molar-refractivity contribution in [2.75, 3.05) is 36.8 Å². The van der Waals surface area contributed by atoms with Crippen LogP contribution in [-0.4, -0.2) is 37.0 Å². The molecule has 2 aromatic carbocycles. The van der Waals surface area contributed by atoms with Crippen LogP contribution >= 0.6 is 0 Å². The highest BCUT2D eigenvalue weighted by molar-refractivity contribution is 5.99. The Labute approximate surface area is 128 Å². The van der Waals surface area contributed by atoms with Crippen molar-refractivity contribution in [2.45, 2.75) is 0 Å². The van der Waals surface area contributed by atoms with E-state index in [1.165, 1.54) is 12.1 Å². The van der Waals surface area contributed by atoms with Gasteiger partial charge in [-0.15, -0.1) is 0 Å². The third-order valence-electron chi connectivity index (χ3n) is 3.95. The monoisotopic (exact) mass is 299 g/mol. The van der Waals surface area contributed by atoms with Gasteiger partial charge in [-0.3, -0.25) is 4.79 Å². The summed E-state index contributed by atoms with van der Waals surface area (Å²) < 4.78 is 13.0. The molecule has 1 amide bonds. The van der Waals surface area contributed by atoms with Gasteiger partial charge in [-0.1, -0.05) is 12.1 Å². The zero-order valence-electron chi connectivity index (χ0n) is 12.2. The first-order valence-electron chi connectivity index (χ1n) is 7.29. The molecule has 0 bridgehead atoms. The van der Waals surface area contributed by atoms with Gasteiger partial charge in [0, 0.05) is 37.6 Å². The number of halogens is 1. The molecule has 1 aliphatic rings. The van der Waals surface area contributed by atoms with Crippen LogP contribution in [0.1, 0.15) is 10.4 Å². The molecule has 1 aliphatic heterocycles. The summed E-state index contributed by atoms with van der Waals surface area (Å²) in [5.41, 5.74) is 7.91. The first-order valence-corrected chi connectivity index (χ1v) is 7.29. The maximum absolute atomic E-state index is 13.0. The van der Waals surface area contributed by atoms with Gasteiger partial charge in [-0.05, 0) is 36.4 Å². The SMILES string of the molecule is Nc1ccccc1C(=O)N1CCN(c2ccc(F)cc2)CC1. The van der Waals surface area contributed by atoms with Crippen LogP contribution in [0.5, 0.6) is 0 Å². The Morgan fingerprint density at radius 2 is 1.59 bits per heavy atom. The number of rotatable bonds is 2. The summed E-state index contributed by atoms with van der Waals surface area (Å²) in [4.78, 5) is 16.4. The number of nitrogens with two attached hydrogens (primary N) is 1. The number of hydrogen-bond acceptors (Lipinski definition) is 3. The molecular weight excluding hydrogens is 281 g/mol. The molecule has 4 nitrogen and oxygen atoms in total. The van der Waals surface area contributed by atoms with E-state index in [2.05, 4.69) is 4.90 Å². The average Bonchev–Trinajstić information content (AvgIpc) is 2.56. The van der Waals surface area contributed by atoms with Crippen LogP contribution in [0.2, 0.25) is 0 Å². The van der Waals surface area contributed by atoms with Crippen LogP contribution in [0.15, 0.2) is 48.5 Å². The van der Waals surface area contributed by atoms with E-state index in [1.807, 2.05) is 17.0 Å². The Morgan fingerprint density at radius 3 is 2.23 bits per heavy atom. The summed E-state index contributed by atoms with van der Waals surface area (Å²) in [5.74, 6) is -0.269. The molecule has 0 spiro atoms. The molecule has 1 heterocycles. The molecule has 1 saturated heterocycles. The number of para-hydroxylation sites is 1. The van der Waals surface area contributed by atoms with Crippen molar-refractivity contribution < 1.29 is 9.18 Å². The lowest BCUT2D eigenvalue weighted by Gasteiger charge is -2.36. The van der Waals surface area contributed by atoms with Gasteiger partial charge in [0.1, 0.15) is 5.82 Å². The number of nitrogen functional groups attached to an aromatic ring is 1. The Bertz CT molecular complexity index is 664. The molecule has 0 aliphatic carbocycles. The molecule has 0 atom stereocenters. The minimum absolute atomic E-state index is 0.0307. The topological polar surface area (TPSA) is 49.6 Å². The van der Waals surface area contributed by atoms with Gasteiger partial charge in [0.2, 0.25) is 0 Å². The average molecular weight is 299 g/mol. The van der Waals surface area contributed by atoms with E-state index in [0.717, 1.165) is 18.8 Å². The Morgan fingerprint density at radius 1 is 0.955 bits per heavy atom. The van der Waals surface area contributed by atoms with Crippen LogP contribution in [0.25, 0.3) is 0 Å². The van der Waals surface area contributed by atoms with Crippen LogP contribution in [0.3, 0.4) is 0 Å². The summed E-state index contributed by atoms with van der Waals surface area (Å²) in [5, 5.41) is 0. The number of nitrogens with zero attached hydrogens (tertiary/aromatic N) is 2. The van der Waals surface area contributed by atoms with Crippen molar-refractivity contribution in [3.63, 3.8) is 0 Å². The fourth-order valence-corrected chi connectivity index (χ4v) is 2.68. The number of benzene rings is 2. The zero-order chi connectivity index (χ0) is 15.5. The third-order valence-corrected chi connectivity index (χ3v) is 3.95. The quantitative estimate of drug-likeness (QED) is 0.866. The Balaban J connectivity index is 1.65. The van der Waals surface area contributed by atoms with E-state index in [0.29, 0.717) is 24.3 Å². The Hall–Kier alpha value is -2.56. The molecule has 1 fully saturated rings. The second kappa shape index (κ2) is 6.05. The van der Waals surface area contributed by atoms with Crippen LogP contribution in [0, 0.1) is 5.82 Å². The summed E-state index contributed by atoms with van der Waals surface area (Å²) in [6, 6.07) is 13.6. The maximum Gasteiger partial charge on any atom is 0.256 e. The highest BCUT2D eigenvalue weighted by Gasteiger charge is 2.23. The minimum atomic E-state index is -0.239. The number of carbonyl (C=O) groups excluding carboxylic acids is 1. The van der Waals surface area contributed by atoms with E-state index in [1.54, 1.807) is 24.3 Å². The van der Waals surface area contributed by atoms with Crippen molar-refractivity contribution in [1.82, 2.24) is 4.90 Å². The van der Waals surface area contributed by atoms with Crippen molar-refractivity contribution in [3.05, 3.63) is 59.9 Å². The van der Waals surface area contributed by atoms with Gasteiger partial charge in [-0.2, -0.15) is 0 Å². The zero-order valence-corrected chi connectivity index (χ0v) is 12.2. The fraction of sp³-hybridized carbons (Fsp3) is 0.235. The molecule has 0 saturated carbocycles. The fourth-order valence-electron chi connectivity index (χ4n) is 2.68.